The van der Waals surface area contributed by atoms with Crippen LogP contribution in [0, 0.1) is 0 Å². The maximum atomic E-state index is 13.4. The summed E-state index contributed by atoms with van der Waals surface area (Å²) < 4.78 is 12.2. The molecule has 0 atom stereocenters. The third-order valence-corrected chi connectivity index (χ3v) is 5.39. The normalized spacial score (nSPS) is 12.7. The lowest BCUT2D eigenvalue weighted by Gasteiger charge is -2.14. The van der Waals surface area contributed by atoms with E-state index in [1.54, 1.807) is 42.5 Å². The summed E-state index contributed by atoms with van der Waals surface area (Å²) in [5.74, 6) is 1.79. The summed E-state index contributed by atoms with van der Waals surface area (Å²) in [6.45, 7) is 0.208. The van der Waals surface area contributed by atoms with Crippen molar-refractivity contribution in [2.24, 2.45) is 0 Å². The summed E-state index contributed by atoms with van der Waals surface area (Å²) in [4.78, 5) is 18.0. The lowest BCUT2D eigenvalue weighted by atomic mass is 10.1. The Morgan fingerprint density at radius 3 is 2.50 bits per heavy atom. The molecule has 0 unspecified atom stereocenters. The lowest BCUT2D eigenvalue weighted by molar-refractivity contribution is 0.174. The van der Waals surface area contributed by atoms with Crippen LogP contribution >= 0.6 is 23.2 Å². The number of halogens is 2. The van der Waals surface area contributed by atoms with Crippen molar-refractivity contribution in [2.45, 2.75) is 0 Å². The Bertz CT molecular complexity index is 1360. The number of rotatable bonds is 3. The predicted molar refractivity (Wildman–Crippen MR) is 119 cm³/mol. The zero-order valence-corrected chi connectivity index (χ0v) is 17.0. The molecule has 2 heterocycles. The van der Waals surface area contributed by atoms with Gasteiger partial charge < -0.3 is 9.47 Å². The van der Waals surface area contributed by atoms with Crippen molar-refractivity contribution in [3.63, 3.8) is 0 Å². The minimum Gasteiger partial charge on any atom is -0.454 e. The van der Waals surface area contributed by atoms with E-state index in [9.17, 15) is 4.79 Å². The van der Waals surface area contributed by atoms with Crippen LogP contribution < -0.4 is 15.0 Å². The zero-order chi connectivity index (χ0) is 20.7. The van der Waals surface area contributed by atoms with Crippen LogP contribution in [-0.2, 0) is 0 Å². The molecule has 0 bridgehead atoms. The van der Waals surface area contributed by atoms with E-state index in [0.717, 1.165) is 5.56 Å². The van der Waals surface area contributed by atoms with Gasteiger partial charge in [-0.15, -0.1) is 0 Å². The SMILES string of the molecule is O=c1c2ccccc2nc(/C=C/c2ccc3c(c2)OCO3)n1-c1c(Cl)cccc1Cl. The van der Waals surface area contributed by atoms with Crippen LogP contribution in [0.5, 0.6) is 11.5 Å². The lowest BCUT2D eigenvalue weighted by Crippen LogP contribution is -2.23. The van der Waals surface area contributed by atoms with Gasteiger partial charge in [0.25, 0.3) is 5.56 Å². The maximum Gasteiger partial charge on any atom is 0.266 e. The third-order valence-electron chi connectivity index (χ3n) is 4.78. The summed E-state index contributed by atoms with van der Waals surface area (Å²) in [5, 5.41) is 1.20. The number of benzene rings is 3. The Balaban J connectivity index is 1.72. The first kappa shape index (κ1) is 18.7. The molecule has 3 aromatic carbocycles. The Kier molecular flexibility index (Phi) is 4.69. The van der Waals surface area contributed by atoms with Gasteiger partial charge in [-0.2, -0.15) is 0 Å². The second kappa shape index (κ2) is 7.52. The molecular formula is C23H14Cl2N2O3. The first-order valence-corrected chi connectivity index (χ1v) is 9.91. The van der Waals surface area contributed by atoms with Crippen LogP contribution in [-0.4, -0.2) is 16.3 Å². The Labute approximate surface area is 181 Å². The van der Waals surface area contributed by atoms with Crippen molar-refractivity contribution in [1.29, 1.82) is 0 Å². The van der Waals surface area contributed by atoms with Crippen LogP contribution in [0.25, 0.3) is 28.7 Å². The standard InChI is InChI=1S/C23H14Cl2N2O3/c24-16-5-3-6-17(25)22(16)27-21(26-18-7-2-1-4-15(18)23(27)28)11-9-14-8-10-19-20(12-14)30-13-29-19/h1-12H,13H2/b11-9+. The van der Waals surface area contributed by atoms with E-state index < -0.39 is 0 Å². The van der Waals surface area contributed by atoms with E-state index in [-0.39, 0.29) is 12.4 Å². The van der Waals surface area contributed by atoms with Gasteiger partial charge in [-0.3, -0.25) is 9.36 Å². The predicted octanol–water partition coefficient (Wildman–Crippen LogP) is 5.59. The topological polar surface area (TPSA) is 53.4 Å². The zero-order valence-electron chi connectivity index (χ0n) is 15.5. The Morgan fingerprint density at radius 2 is 1.67 bits per heavy atom. The molecule has 5 rings (SSSR count). The molecule has 0 spiro atoms. The Morgan fingerprint density at radius 1 is 0.900 bits per heavy atom. The Hall–Kier alpha value is -3.28. The van der Waals surface area contributed by atoms with Crippen molar-refractivity contribution < 1.29 is 9.47 Å². The van der Waals surface area contributed by atoms with Crippen molar-refractivity contribution >= 4 is 46.3 Å². The fraction of sp³-hybridized carbons (Fsp3) is 0.0435. The molecule has 0 saturated heterocycles. The fourth-order valence-electron chi connectivity index (χ4n) is 3.37. The molecule has 0 aliphatic carbocycles. The minimum absolute atomic E-state index is 0.208. The van der Waals surface area contributed by atoms with E-state index in [1.807, 2.05) is 30.3 Å². The molecule has 0 amide bonds. The minimum atomic E-state index is -0.249. The number of hydrogen-bond acceptors (Lipinski definition) is 4. The highest BCUT2D eigenvalue weighted by Gasteiger charge is 2.17. The van der Waals surface area contributed by atoms with Crippen LogP contribution in [0.2, 0.25) is 10.0 Å². The molecule has 1 aromatic heterocycles. The molecule has 0 N–H and O–H groups in total. The second-order valence-electron chi connectivity index (χ2n) is 6.64. The van der Waals surface area contributed by atoms with Crippen LogP contribution in [0.1, 0.15) is 11.4 Å². The molecular weight excluding hydrogens is 423 g/mol. The van der Waals surface area contributed by atoms with Gasteiger partial charge in [0.05, 0.1) is 26.6 Å². The van der Waals surface area contributed by atoms with Crippen LogP contribution in [0.4, 0.5) is 0 Å². The van der Waals surface area contributed by atoms with Gasteiger partial charge in [0.2, 0.25) is 6.79 Å². The maximum absolute atomic E-state index is 13.4. The number of fused-ring (bicyclic) bond motifs is 2. The van der Waals surface area contributed by atoms with Gasteiger partial charge in [-0.1, -0.05) is 53.5 Å². The molecule has 1 aliphatic rings. The summed E-state index contributed by atoms with van der Waals surface area (Å²) in [5.41, 5.74) is 1.61. The van der Waals surface area contributed by atoms with E-state index in [0.29, 0.717) is 44.0 Å². The fourth-order valence-corrected chi connectivity index (χ4v) is 3.93. The number of ether oxygens (including phenoxy) is 2. The molecule has 5 nitrogen and oxygen atoms in total. The van der Waals surface area contributed by atoms with Gasteiger partial charge in [0.1, 0.15) is 5.82 Å². The van der Waals surface area contributed by atoms with Crippen LogP contribution in [0.3, 0.4) is 0 Å². The highest BCUT2D eigenvalue weighted by molar-refractivity contribution is 6.37. The van der Waals surface area contributed by atoms with Gasteiger partial charge in [-0.05, 0) is 48.0 Å². The summed E-state index contributed by atoms with van der Waals surface area (Å²) in [6, 6.07) is 17.9. The second-order valence-corrected chi connectivity index (χ2v) is 7.46. The van der Waals surface area contributed by atoms with E-state index >= 15 is 0 Å². The van der Waals surface area contributed by atoms with Gasteiger partial charge >= 0.3 is 0 Å². The summed E-state index contributed by atoms with van der Waals surface area (Å²) in [6.07, 6.45) is 3.60. The van der Waals surface area contributed by atoms with Crippen molar-refractivity contribution in [3.8, 4) is 17.2 Å². The van der Waals surface area contributed by atoms with Gasteiger partial charge in [0.15, 0.2) is 11.5 Å². The molecule has 0 radical (unpaired) electrons. The number of nitrogens with zero attached hydrogens (tertiary/aromatic N) is 2. The van der Waals surface area contributed by atoms with Crippen LogP contribution in [0.15, 0.2) is 65.5 Å². The monoisotopic (exact) mass is 436 g/mol. The molecule has 30 heavy (non-hydrogen) atoms. The average molecular weight is 437 g/mol. The highest BCUT2D eigenvalue weighted by atomic mass is 35.5. The first-order valence-electron chi connectivity index (χ1n) is 9.16. The summed E-state index contributed by atoms with van der Waals surface area (Å²) >= 11 is 12.8. The first-order chi connectivity index (χ1) is 14.6. The molecule has 0 saturated carbocycles. The van der Waals surface area contributed by atoms with Crippen molar-refractivity contribution in [1.82, 2.24) is 9.55 Å². The van der Waals surface area contributed by atoms with Crippen molar-refractivity contribution in [3.05, 3.63) is 92.5 Å². The average Bonchev–Trinajstić information content (AvgIpc) is 3.22. The summed E-state index contributed by atoms with van der Waals surface area (Å²) in [7, 11) is 0. The number of hydrogen-bond donors (Lipinski definition) is 0. The van der Waals surface area contributed by atoms with E-state index in [1.165, 1.54) is 4.57 Å². The molecule has 7 heteroatoms. The quantitative estimate of drug-likeness (QED) is 0.419. The molecule has 1 aliphatic heterocycles. The van der Waals surface area contributed by atoms with E-state index in [4.69, 9.17) is 32.7 Å². The third kappa shape index (κ3) is 3.22. The smallest absolute Gasteiger partial charge is 0.266 e. The number of aromatic nitrogens is 2. The highest BCUT2D eigenvalue weighted by Crippen LogP contribution is 2.33. The molecule has 148 valence electrons. The number of para-hydroxylation sites is 2. The van der Waals surface area contributed by atoms with Gasteiger partial charge in [-0.25, -0.2) is 4.98 Å². The van der Waals surface area contributed by atoms with Crippen molar-refractivity contribution in [2.75, 3.05) is 6.79 Å². The molecule has 4 aromatic rings. The molecule has 0 fully saturated rings. The van der Waals surface area contributed by atoms with E-state index in [2.05, 4.69) is 4.98 Å². The largest absolute Gasteiger partial charge is 0.454 e. The van der Waals surface area contributed by atoms with Gasteiger partial charge in [0, 0.05) is 0 Å².